The van der Waals surface area contributed by atoms with Crippen LogP contribution in [0.15, 0.2) is 91.0 Å². The molecule has 0 saturated heterocycles. The van der Waals surface area contributed by atoms with Crippen molar-refractivity contribution in [2.24, 2.45) is 0 Å². The van der Waals surface area contributed by atoms with Gasteiger partial charge in [0.2, 0.25) is 0 Å². The first kappa shape index (κ1) is 22.7. The fourth-order valence-electron chi connectivity index (χ4n) is 2.80. The Morgan fingerprint density at radius 2 is 1.10 bits per heavy atom. The minimum absolute atomic E-state index is 0.0229. The summed E-state index contributed by atoms with van der Waals surface area (Å²) < 4.78 is 8.89. The molecule has 5 heteroatoms. The molecule has 3 aromatic carbocycles. The Bertz CT molecular complexity index is 773. The molecule has 0 heterocycles. The standard InChI is InChI=1S/C6H10O4.3C6H5.Sn/c1-10-6(9)4-2-3-5(7)8;3*1-2-4-6-5-3-1;/h2-4H2,1H3,(H,7,8);3*1-5H;. The Morgan fingerprint density at radius 1 is 0.724 bits per heavy atom. The van der Waals surface area contributed by atoms with Gasteiger partial charge in [0.05, 0.1) is 7.11 Å². The number of ether oxygens (including phenoxy) is 1. The Labute approximate surface area is 178 Å². The quantitative estimate of drug-likeness (QED) is 0.404. The van der Waals surface area contributed by atoms with Crippen LogP contribution in [0.5, 0.6) is 0 Å². The van der Waals surface area contributed by atoms with Crippen molar-refractivity contribution in [2.75, 3.05) is 7.11 Å². The van der Waals surface area contributed by atoms with Gasteiger partial charge in [-0.2, -0.15) is 0 Å². The van der Waals surface area contributed by atoms with E-state index in [4.69, 9.17) is 5.11 Å². The summed E-state index contributed by atoms with van der Waals surface area (Å²) in [6, 6.07) is 32.9. The van der Waals surface area contributed by atoms with Crippen LogP contribution in [0.2, 0.25) is 0 Å². The molecule has 1 radical (unpaired) electrons. The summed E-state index contributed by atoms with van der Waals surface area (Å²) in [6.45, 7) is 0. The van der Waals surface area contributed by atoms with Crippen molar-refractivity contribution in [3.8, 4) is 0 Å². The van der Waals surface area contributed by atoms with Crippen molar-refractivity contribution < 1.29 is 19.4 Å². The van der Waals surface area contributed by atoms with E-state index in [1.54, 1.807) is 0 Å². The van der Waals surface area contributed by atoms with Crippen LogP contribution in [0.4, 0.5) is 0 Å². The molecule has 0 saturated carbocycles. The molecule has 0 aliphatic rings. The molecule has 0 atom stereocenters. The van der Waals surface area contributed by atoms with E-state index < -0.39 is 25.7 Å². The number of carboxylic acid groups (broad SMARTS) is 1. The predicted octanol–water partition coefficient (Wildman–Crippen LogP) is 2.62. The van der Waals surface area contributed by atoms with E-state index in [-0.39, 0.29) is 18.8 Å². The van der Waals surface area contributed by atoms with Gasteiger partial charge in [0, 0.05) is 12.8 Å². The number of esters is 1. The first-order valence-electron chi connectivity index (χ1n) is 9.43. The molecule has 0 amide bonds. The van der Waals surface area contributed by atoms with Crippen molar-refractivity contribution >= 4 is 42.4 Å². The third-order valence-corrected chi connectivity index (χ3v) is 12.0. The van der Waals surface area contributed by atoms with Crippen molar-refractivity contribution in [3.05, 3.63) is 91.0 Å². The van der Waals surface area contributed by atoms with Crippen LogP contribution in [-0.4, -0.2) is 43.9 Å². The summed E-state index contributed by atoms with van der Waals surface area (Å²) >= 11 is -1.98. The van der Waals surface area contributed by atoms with Crippen LogP contribution in [0, 0.1) is 0 Å². The molecule has 3 aromatic rings. The van der Waals surface area contributed by atoms with Crippen molar-refractivity contribution in [2.45, 2.75) is 19.3 Å². The molecule has 29 heavy (non-hydrogen) atoms. The Kier molecular flexibility index (Phi) is 10.00. The maximum atomic E-state index is 10.4. The molecule has 0 unspecified atom stereocenters. The molecule has 0 spiro atoms. The molecule has 0 aromatic heterocycles. The van der Waals surface area contributed by atoms with Gasteiger partial charge in [-0.15, -0.1) is 0 Å². The normalized spacial score (nSPS) is 10.0. The van der Waals surface area contributed by atoms with Gasteiger partial charge in [0.25, 0.3) is 0 Å². The van der Waals surface area contributed by atoms with E-state index in [1.165, 1.54) is 17.8 Å². The average Bonchev–Trinajstić information content (AvgIpc) is 2.76. The third-order valence-electron chi connectivity index (χ3n) is 4.19. The molecule has 3 rings (SSSR count). The number of rotatable bonds is 7. The van der Waals surface area contributed by atoms with E-state index in [0.29, 0.717) is 6.42 Å². The predicted molar refractivity (Wildman–Crippen MR) is 117 cm³/mol. The SMILES string of the molecule is COC(=O)CCCC(=O)O.c1cc[c]([Sn]([c]2ccccc2)[c]2ccccc2)cc1. The van der Waals surface area contributed by atoms with Crippen LogP contribution in [0.1, 0.15) is 19.3 Å². The first-order chi connectivity index (χ1) is 14.1. The summed E-state index contributed by atoms with van der Waals surface area (Å²) in [6.07, 6.45) is 0.555. The van der Waals surface area contributed by atoms with Gasteiger partial charge < -0.3 is 9.84 Å². The number of hydrogen-bond donors (Lipinski definition) is 1. The molecule has 0 bridgehead atoms. The molecule has 149 valence electrons. The Balaban J connectivity index is 0.000000257. The second-order valence-electron chi connectivity index (χ2n) is 6.30. The van der Waals surface area contributed by atoms with Crippen LogP contribution in [0.3, 0.4) is 0 Å². The second-order valence-corrected chi connectivity index (χ2v) is 13.4. The third kappa shape index (κ3) is 8.11. The maximum absolute atomic E-state index is 10.4. The number of carboxylic acids is 1. The van der Waals surface area contributed by atoms with Gasteiger partial charge in [-0.3, -0.25) is 9.59 Å². The van der Waals surface area contributed by atoms with E-state index in [2.05, 4.69) is 95.7 Å². The zero-order chi connectivity index (χ0) is 20.9. The van der Waals surface area contributed by atoms with Crippen molar-refractivity contribution in [3.63, 3.8) is 0 Å². The van der Waals surface area contributed by atoms with E-state index >= 15 is 0 Å². The molecule has 4 nitrogen and oxygen atoms in total. The summed E-state index contributed by atoms with van der Waals surface area (Å²) in [5.74, 6) is -1.25. The van der Waals surface area contributed by atoms with Crippen molar-refractivity contribution in [1.29, 1.82) is 0 Å². The number of benzene rings is 3. The summed E-state index contributed by atoms with van der Waals surface area (Å²) in [5, 5.41) is 8.15. The molecular formula is C24H25O4Sn. The number of carbonyl (C=O) groups excluding carboxylic acids is 1. The fraction of sp³-hybridized carbons (Fsp3) is 0.167. The topological polar surface area (TPSA) is 63.6 Å². The number of hydrogen-bond acceptors (Lipinski definition) is 3. The Hall–Kier alpha value is -2.60. The molecule has 0 fully saturated rings. The Morgan fingerprint density at radius 3 is 1.41 bits per heavy atom. The van der Waals surface area contributed by atoms with Gasteiger partial charge in [-0.25, -0.2) is 0 Å². The molecule has 0 aliphatic carbocycles. The average molecular weight is 496 g/mol. The monoisotopic (exact) mass is 497 g/mol. The number of carbonyl (C=O) groups is 2. The first-order valence-corrected chi connectivity index (χ1v) is 13.7. The number of aliphatic carboxylic acids is 1. The zero-order valence-electron chi connectivity index (χ0n) is 16.5. The summed E-state index contributed by atoms with van der Waals surface area (Å²) in [4.78, 5) is 20.3. The van der Waals surface area contributed by atoms with Gasteiger partial charge in [-0.05, 0) is 6.42 Å². The van der Waals surface area contributed by atoms with E-state index in [9.17, 15) is 9.59 Å². The van der Waals surface area contributed by atoms with Crippen LogP contribution in [0.25, 0.3) is 0 Å². The summed E-state index contributed by atoms with van der Waals surface area (Å²) in [5.41, 5.74) is 0. The van der Waals surface area contributed by atoms with E-state index in [0.717, 1.165) is 0 Å². The van der Waals surface area contributed by atoms with Crippen LogP contribution >= 0.6 is 0 Å². The van der Waals surface area contributed by atoms with E-state index in [1.807, 2.05) is 0 Å². The fourth-order valence-corrected chi connectivity index (χ4v) is 10.2. The van der Waals surface area contributed by atoms with Crippen LogP contribution < -0.4 is 10.7 Å². The second kappa shape index (κ2) is 12.8. The number of methoxy groups -OCH3 is 1. The minimum atomic E-state index is -1.98. The van der Waals surface area contributed by atoms with Gasteiger partial charge in [0.1, 0.15) is 0 Å². The van der Waals surface area contributed by atoms with Gasteiger partial charge in [-0.1, -0.05) is 0 Å². The molecule has 1 N–H and O–H groups in total. The van der Waals surface area contributed by atoms with Gasteiger partial charge >= 0.3 is 133 Å². The molecular weight excluding hydrogens is 471 g/mol. The van der Waals surface area contributed by atoms with Gasteiger partial charge in [0.15, 0.2) is 0 Å². The molecule has 0 aliphatic heterocycles. The van der Waals surface area contributed by atoms with Crippen molar-refractivity contribution in [1.82, 2.24) is 0 Å². The summed E-state index contributed by atoms with van der Waals surface area (Å²) in [7, 11) is 1.28. The zero-order valence-corrected chi connectivity index (χ0v) is 19.3. The van der Waals surface area contributed by atoms with Crippen LogP contribution in [-0.2, 0) is 14.3 Å².